The molecule has 6 nitrogen and oxygen atoms in total. The van der Waals surface area contributed by atoms with Crippen molar-refractivity contribution in [1.29, 1.82) is 0 Å². The van der Waals surface area contributed by atoms with Gasteiger partial charge in [-0.05, 0) is 57.4 Å². The van der Waals surface area contributed by atoms with Crippen molar-refractivity contribution in [1.82, 2.24) is 15.3 Å². The van der Waals surface area contributed by atoms with E-state index in [-0.39, 0.29) is 23.8 Å². The quantitative estimate of drug-likeness (QED) is 0.391. The third kappa shape index (κ3) is 6.23. The number of Topliss-reactive ketones (excluding diaryl/α,β-unsaturated/α-hetero) is 1. The number of ketones is 1. The van der Waals surface area contributed by atoms with Gasteiger partial charge in [-0.1, -0.05) is 42.8 Å². The second kappa shape index (κ2) is 10.7. The van der Waals surface area contributed by atoms with Crippen LogP contribution in [0, 0.1) is 6.92 Å². The smallest absolute Gasteiger partial charge is 0.251 e. The zero-order valence-electron chi connectivity index (χ0n) is 19.7. The fourth-order valence-electron chi connectivity index (χ4n) is 3.55. The van der Waals surface area contributed by atoms with Gasteiger partial charge in [-0.3, -0.25) is 9.59 Å². The lowest BCUT2D eigenvalue weighted by atomic mass is 10.0. The monoisotopic (exact) mass is 467 g/mol. The molecule has 0 aliphatic heterocycles. The van der Waals surface area contributed by atoms with E-state index in [0.717, 1.165) is 28.9 Å². The van der Waals surface area contributed by atoms with E-state index in [1.807, 2.05) is 52.0 Å². The van der Waals surface area contributed by atoms with Gasteiger partial charge in [0.1, 0.15) is 5.75 Å². The van der Waals surface area contributed by atoms with Crippen LogP contribution in [-0.4, -0.2) is 33.8 Å². The molecule has 0 bridgehead atoms. The molecule has 1 atom stereocenters. The number of aromatic amines is 1. The zero-order chi connectivity index (χ0) is 24.1. The third-order valence-electron chi connectivity index (χ3n) is 5.31. The Bertz CT molecular complexity index is 1140. The van der Waals surface area contributed by atoms with Gasteiger partial charge in [0.15, 0.2) is 11.6 Å². The number of halogens is 1. The number of nitrogens with zero attached hydrogens (tertiary/aromatic N) is 1. The van der Waals surface area contributed by atoms with E-state index in [4.69, 9.17) is 16.3 Å². The summed E-state index contributed by atoms with van der Waals surface area (Å²) in [7, 11) is 0. The summed E-state index contributed by atoms with van der Waals surface area (Å²) in [6.45, 7) is 9.29. The van der Waals surface area contributed by atoms with E-state index < -0.39 is 0 Å². The van der Waals surface area contributed by atoms with Crippen molar-refractivity contribution in [2.75, 3.05) is 0 Å². The molecule has 0 saturated carbocycles. The lowest BCUT2D eigenvalue weighted by Gasteiger charge is -2.18. The second-order valence-electron chi connectivity index (χ2n) is 8.41. The highest BCUT2D eigenvalue weighted by atomic mass is 35.5. The van der Waals surface area contributed by atoms with Crippen LogP contribution < -0.4 is 10.1 Å². The summed E-state index contributed by atoms with van der Waals surface area (Å²) in [5.74, 6) is 0.674. The molecule has 0 fully saturated rings. The Kier molecular flexibility index (Phi) is 7.92. The summed E-state index contributed by atoms with van der Waals surface area (Å²) in [5.41, 5.74) is 4.17. The molecule has 0 radical (unpaired) electrons. The third-order valence-corrected chi connectivity index (χ3v) is 5.61. The molecule has 1 aromatic heterocycles. The van der Waals surface area contributed by atoms with Crippen LogP contribution in [0.4, 0.5) is 0 Å². The van der Waals surface area contributed by atoms with Crippen molar-refractivity contribution >= 4 is 23.3 Å². The Morgan fingerprint density at radius 2 is 1.85 bits per heavy atom. The molecule has 2 N–H and O–H groups in total. The highest BCUT2D eigenvalue weighted by Crippen LogP contribution is 2.27. The number of H-pyrrole nitrogens is 1. The van der Waals surface area contributed by atoms with Crippen molar-refractivity contribution in [3.63, 3.8) is 0 Å². The first kappa shape index (κ1) is 24.5. The largest absolute Gasteiger partial charge is 0.489 e. The Hall–Kier alpha value is -3.12. The fourth-order valence-corrected chi connectivity index (χ4v) is 3.77. The van der Waals surface area contributed by atoms with E-state index in [9.17, 15) is 9.59 Å². The van der Waals surface area contributed by atoms with Crippen LogP contribution in [0.2, 0.25) is 5.02 Å². The number of aryl methyl sites for hydroxylation is 1. The molecule has 0 spiro atoms. The first-order valence-corrected chi connectivity index (χ1v) is 11.5. The number of aromatic nitrogens is 2. The topological polar surface area (TPSA) is 84.1 Å². The fraction of sp³-hybridized carbons (Fsp3) is 0.346. The van der Waals surface area contributed by atoms with Crippen molar-refractivity contribution in [3.8, 4) is 17.0 Å². The number of carbonyl (C=O) groups excluding carboxylic acids is 2. The van der Waals surface area contributed by atoms with Gasteiger partial charge in [-0.25, -0.2) is 4.98 Å². The molecular weight excluding hydrogens is 438 g/mol. The molecule has 2 aromatic carbocycles. The lowest BCUT2D eigenvalue weighted by molar-refractivity contribution is 0.0934. The number of nitrogens with one attached hydrogen (secondary N) is 2. The molecule has 0 saturated heterocycles. The standard InChI is InChI=1S/C26H30ClN3O3/c1-6-21(29-26(32)20-11-12-23(22(27)14-20)33-15(2)3)13-18-7-9-19(10-8-18)24-16(4)28-25(30-24)17(5)31/h7-12,14-15,21H,6,13H2,1-5H3,(H,28,30)(H,29,32)/t21-/m0/s1. The number of hydrogen-bond donors (Lipinski definition) is 2. The summed E-state index contributed by atoms with van der Waals surface area (Å²) in [6.07, 6.45) is 1.49. The van der Waals surface area contributed by atoms with E-state index in [2.05, 4.69) is 15.3 Å². The summed E-state index contributed by atoms with van der Waals surface area (Å²) in [5, 5.41) is 3.52. The summed E-state index contributed by atoms with van der Waals surface area (Å²) >= 11 is 6.28. The number of benzene rings is 2. The first-order valence-electron chi connectivity index (χ1n) is 11.1. The predicted octanol–water partition coefficient (Wildman–Crippen LogP) is 5.78. The number of amides is 1. The highest BCUT2D eigenvalue weighted by molar-refractivity contribution is 6.32. The number of ether oxygens (including phenoxy) is 1. The van der Waals surface area contributed by atoms with E-state index in [0.29, 0.717) is 28.6 Å². The van der Waals surface area contributed by atoms with E-state index >= 15 is 0 Å². The average Bonchev–Trinajstić information content (AvgIpc) is 3.16. The van der Waals surface area contributed by atoms with Gasteiger partial charge in [-0.15, -0.1) is 0 Å². The molecule has 1 amide bonds. The van der Waals surface area contributed by atoms with Gasteiger partial charge >= 0.3 is 0 Å². The van der Waals surface area contributed by atoms with Gasteiger partial charge in [0.25, 0.3) is 5.91 Å². The van der Waals surface area contributed by atoms with Crippen molar-refractivity contribution in [2.24, 2.45) is 0 Å². The lowest BCUT2D eigenvalue weighted by Crippen LogP contribution is -2.36. The molecule has 0 aliphatic carbocycles. The molecule has 0 unspecified atom stereocenters. The minimum Gasteiger partial charge on any atom is -0.489 e. The van der Waals surface area contributed by atoms with Crippen molar-refractivity contribution in [2.45, 2.75) is 59.6 Å². The van der Waals surface area contributed by atoms with Gasteiger partial charge < -0.3 is 15.0 Å². The van der Waals surface area contributed by atoms with Crippen LogP contribution >= 0.6 is 11.6 Å². The summed E-state index contributed by atoms with van der Waals surface area (Å²) in [4.78, 5) is 31.8. The Morgan fingerprint density at radius 3 is 2.39 bits per heavy atom. The molecule has 174 valence electrons. The second-order valence-corrected chi connectivity index (χ2v) is 8.81. The van der Waals surface area contributed by atoms with Crippen LogP contribution in [0.5, 0.6) is 5.75 Å². The van der Waals surface area contributed by atoms with Gasteiger partial charge in [0.2, 0.25) is 0 Å². The maximum atomic E-state index is 12.8. The summed E-state index contributed by atoms with van der Waals surface area (Å²) in [6, 6.07) is 13.1. The Morgan fingerprint density at radius 1 is 1.15 bits per heavy atom. The highest BCUT2D eigenvalue weighted by Gasteiger charge is 2.16. The normalized spacial score (nSPS) is 12.0. The maximum absolute atomic E-state index is 12.8. The average molecular weight is 468 g/mol. The number of hydrogen-bond acceptors (Lipinski definition) is 4. The molecule has 33 heavy (non-hydrogen) atoms. The van der Waals surface area contributed by atoms with Crippen LogP contribution in [0.25, 0.3) is 11.3 Å². The minimum atomic E-state index is -0.166. The number of imidazole rings is 1. The van der Waals surface area contributed by atoms with Crippen LogP contribution in [0.15, 0.2) is 42.5 Å². The first-order chi connectivity index (χ1) is 15.7. The minimum absolute atomic E-state index is 0.00571. The SMILES string of the molecule is CC[C@@H](Cc1ccc(-c2nc(C(C)=O)[nH]c2C)cc1)NC(=O)c1ccc(OC(C)C)c(Cl)c1. The molecular formula is C26H30ClN3O3. The molecule has 0 aliphatic rings. The van der Waals surface area contributed by atoms with E-state index in [1.54, 1.807) is 18.2 Å². The Balaban J connectivity index is 1.67. The molecule has 3 rings (SSSR count). The summed E-state index contributed by atoms with van der Waals surface area (Å²) < 4.78 is 5.64. The van der Waals surface area contributed by atoms with Crippen LogP contribution in [0.3, 0.4) is 0 Å². The zero-order valence-corrected chi connectivity index (χ0v) is 20.4. The number of rotatable bonds is 9. The van der Waals surface area contributed by atoms with Gasteiger partial charge in [0.05, 0.1) is 16.8 Å². The van der Waals surface area contributed by atoms with Gasteiger partial charge in [-0.2, -0.15) is 0 Å². The predicted molar refractivity (Wildman–Crippen MR) is 131 cm³/mol. The van der Waals surface area contributed by atoms with Crippen LogP contribution in [-0.2, 0) is 6.42 Å². The van der Waals surface area contributed by atoms with E-state index in [1.165, 1.54) is 6.92 Å². The van der Waals surface area contributed by atoms with Crippen molar-refractivity contribution < 1.29 is 14.3 Å². The molecule has 7 heteroatoms. The number of carbonyl (C=O) groups is 2. The van der Waals surface area contributed by atoms with Crippen LogP contribution in [0.1, 0.15) is 66.4 Å². The molecule has 3 aromatic rings. The maximum Gasteiger partial charge on any atom is 0.251 e. The van der Waals surface area contributed by atoms with Gasteiger partial charge in [0, 0.05) is 29.8 Å². The van der Waals surface area contributed by atoms with Crippen molar-refractivity contribution in [3.05, 3.63) is 70.1 Å². The Labute approximate surface area is 199 Å². The molecule has 1 heterocycles.